The Bertz CT molecular complexity index is 839. The van der Waals surface area contributed by atoms with Crippen LogP contribution in [-0.4, -0.2) is 49.2 Å². The summed E-state index contributed by atoms with van der Waals surface area (Å²) in [5.41, 5.74) is -0.208. The van der Waals surface area contributed by atoms with E-state index in [9.17, 15) is 19.2 Å². The van der Waals surface area contributed by atoms with E-state index in [1.54, 1.807) is 6.07 Å². The number of carboxylic acids is 1. The number of ether oxygens (including phenoxy) is 2. The Morgan fingerprint density at radius 3 is 2.33 bits per heavy atom. The Labute approximate surface area is 154 Å². The summed E-state index contributed by atoms with van der Waals surface area (Å²) < 4.78 is 9.24. The van der Waals surface area contributed by atoms with Crippen molar-refractivity contribution in [1.29, 1.82) is 5.26 Å². The molecule has 0 spiro atoms. The lowest BCUT2D eigenvalue weighted by molar-refractivity contribution is -0.140. The molecule has 0 saturated carbocycles. The second-order valence-electron chi connectivity index (χ2n) is 5.09. The molecular weight excluding hydrogens is 358 g/mol. The summed E-state index contributed by atoms with van der Waals surface area (Å²) in [5, 5.41) is 22.6. The number of nitrogens with zero attached hydrogens (tertiary/aromatic N) is 1. The van der Waals surface area contributed by atoms with Crippen molar-refractivity contribution < 1.29 is 33.8 Å². The van der Waals surface area contributed by atoms with E-state index in [4.69, 9.17) is 10.4 Å². The van der Waals surface area contributed by atoms with Crippen molar-refractivity contribution in [2.75, 3.05) is 19.5 Å². The molecule has 142 valence electrons. The van der Waals surface area contributed by atoms with Gasteiger partial charge in [-0.05, 0) is 25.1 Å². The van der Waals surface area contributed by atoms with Crippen molar-refractivity contribution in [2.24, 2.45) is 0 Å². The number of carbonyl (C=O) groups is 4. The van der Waals surface area contributed by atoms with E-state index in [0.717, 1.165) is 13.3 Å². The predicted molar refractivity (Wildman–Crippen MR) is 91.7 cm³/mol. The number of carboxylic acid groups (broad SMARTS) is 1. The van der Waals surface area contributed by atoms with E-state index in [1.807, 2.05) is 0 Å². The lowest BCUT2D eigenvalue weighted by atomic mass is 10.1. The zero-order chi connectivity index (χ0) is 20.6. The Balaban J connectivity index is 3.19. The molecule has 27 heavy (non-hydrogen) atoms. The van der Waals surface area contributed by atoms with Gasteiger partial charge in [0.05, 0.1) is 31.0 Å². The maximum Gasteiger partial charge on any atom is 0.339 e. The van der Waals surface area contributed by atoms with Crippen LogP contribution in [0, 0.1) is 11.3 Å². The van der Waals surface area contributed by atoms with Crippen LogP contribution in [0.2, 0.25) is 0 Å². The number of hydrogen-bond donors (Lipinski definition) is 3. The summed E-state index contributed by atoms with van der Waals surface area (Å²) in [5.74, 6) is -3.58. The van der Waals surface area contributed by atoms with Crippen LogP contribution in [0.15, 0.2) is 30.0 Å². The van der Waals surface area contributed by atoms with Gasteiger partial charge in [-0.1, -0.05) is 0 Å². The number of esters is 2. The van der Waals surface area contributed by atoms with E-state index in [2.05, 4.69) is 20.1 Å². The number of benzene rings is 1. The Morgan fingerprint density at radius 2 is 1.81 bits per heavy atom. The summed E-state index contributed by atoms with van der Waals surface area (Å²) in [6, 6.07) is 4.35. The van der Waals surface area contributed by atoms with Gasteiger partial charge in [0.2, 0.25) is 0 Å². The van der Waals surface area contributed by atoms with Crippen LogP contribution in [0.1, 0.15) is 27.6 Å². The fourth-order valence-electron chi connectivity index (χ4n) is 1.83. The van der Waals surface area contributed by atoms with E-state index in [-0.39, 0.29) is 16.8 Å². The largest absolute Gasteiger partial charge is 0.480 e. The van der Waals surface area contributed by atoms with E-state index in [0.29, 0.717) is 0 Å². The molecule has 1 aromatic carbocycles. The quantitative estimate of drug-likeness (QED) is 0.354. The molecule has 0 aliphatic heterocycles. The first-order valence-electron chi connectivity index (χ1n) is 7.46. The summed E-state index contributed by atoms with van der Waals surface area (Å²) in [7, 11) is 2.35. The molecule has 0 radical (unpaired) electrons. The molecule has 1 atom stereocenters. The fraction of sp³-hybridized carbons (Fsp3) is 0.235. The molecule has 0 aliphatic rings. The van der Waals surface area contributed by atoms with Gasteiger partial charge in [0.15, 0.2) is 0 Å². The number of anilines is 1. The van der Waals surface area contributed by atoms with E-state index >= 15 is 0 Å². The van der Waals surface area contributed by atoms with Gasteiger partial charge < -0.3 is 25.2 Å². The smallest absolute Gasteiger partial charge is 0.339 e. The average Bonchev–Trinajstić information content (AvgIpc) is 2.66. The number of methoxy groups -OCH3 is 2. The minimum absolute atomic E-state index is 0.0398. The number of hydrogen-bond acceptors (Lipinski definition) is 8. The zero-order valence-corrected chi connectivity index (χ0v) is 14.7. The molecule has 0 fully saturated rings. The third-order valence-corrected chi connectivity index (χ3v) is 3.30. The van der Waals surface area contributed by atoms with Crippen molar-refractivity contribution >= 4 is 29.5 Å². The van der Waals surface area contributed by atoms with Crippen LogP contribution in [0.3, 0.4) is 0 Å². The van der Waals surface area contributed by atoms with Crippen molar-refractivity contribution in [3.8, 4) is 6.07 Å². The van der Waals surface area contributed by atoms with E-state index < -0.39 is 35.4 Å². The third-order valence-electron chi connectivity index (χ3n) is 3.30. The number of aliphatic carboxylic acids is 1. The lowest BCUT2D eigenvalue weighted by Crippen LogP contribution is -2.39. The predicted octanol–water partition coefficient (Wildman–Crippen LogP) is 0.668. The van der Waals surface area contributed by atoms with Crippen molar-refractivity contribution in [3.05, 3.63) is 41.1 Å². The van der Waals surface area contributed by atoms with Gasteiger partial charge >= 0.3 is 17.9 Å². The maximum atomic E-state index is 11.9. The minimum Gasteiger partial charge on any atom is -0.480 e. The second-order valence-corrected chi connectivity index (χ2v) is 5.09. The molecule has 3 N–H and O–H groups in total. The standard InChI is InChI=1S/C17H17N3O7/c1-9(15(22)23)20-14(21)11(7-18)8-19-13-6-10(16(24)26-2)4-5-12(13)17(25)27-3/h4-6,8-9,19H,1-3H3,(H,20,21)(H,22,23)/b11-8-. The summed E-state index contributed by atoms with van der Waals surface area (Å²) in [4.78, 5) is 46.2. The van der Waals surface area contributed by atoms with Crippen LogP contribution in [0.5, 0.6) is 0 Å². The molecular formula is C17H17N3O7. The Hall–Kier alpha value is -3.87. The normalized spacial score (nSPS) is 11.6. The Kier molecular flexibility index (Phi) is 7.51. The van der Waals surface area contributed by atoms with E-state index in [1.165, 1.54) is 32.2 Å². The first-order valence-corrected chi connectivity index (χ1v) is 7.46. The van der Waals surface area contributed by atoms with Gasteiger partial charge in [-0.15, -0.1) is 0 Å². The topological polar surface area (TPSA) is 155 Å². The van der Waals surface area contributed by atoms with Gasteiger partial charge in [0, 0.05) is 6.20 Å². The highest BCUT2D eigenvalue weighted by molar-refractivity contribution is 6.01. The molecule has 1 amide bonds. The van der Waals surface area contributed by atoms with Crippen LogP contribution >= 0.6 is 0 Å². The van der Waals surface area contributed by atoms with Gasteiger partial charge in [0.25, 0.3) is 5.91 Å². The molecule has 0 aliphatic carbocycles. The minimum atomic E-state index is -1.27. The summed E-state index contributed by atoms with van der Waals surface area (Å²) in [6.45, 7) is 1.23. The van der Waals surface area contributed by atoms with Crippen LogP contribution in [0.4, 0.5) is 5.69 Å². The monoisotopic (exact) mass is 375 g/mol. The average molecular weight is 375 g/mol. The number of carbonyl (C=O) groups excluding carboxylic acids is 3. The highest BCUT2D eigenvalue weighted by atomic mass is 16.5. The lowest BCUT2D eigenvalue weighted by Gasteiger charge is -2.11. The molecule has 1 rings (SSSR count). The van der Waals surface area contributed by atoms with Gasteiger partial charge in [-0.25, -0.2) is 9.59 Å². The first-order chi connectivity index (χ1) is 12.7. The molecule has 10 heteroatoms. The highest BCUT2D eigenvalue weighted by Crippen LogP contribution is 2.20. The van der Waals surface area contributed by atoms with Crippen molar-refractivity contribution in [3.63, 3.8) is 0 Å². The van der Waals surface area contributed by atoms with Crippen molar-refractivity contribution in [1.82, 2.24) is 5.32 Å². The number of nitriles is 1. The first kappa shape index (κ1) is 21.2. The van der Waals surface area contributed by atoms with Crippen LogP contribution in [-0.2, 0) is 19.1 Å². The van der Waals surface area contributed by atoms with Gasteiger partial charge in [-0.3, -0.25) is 9.59 Å². The highest BCUT2D eigenvalue weighted by Gasteiger charge is 2.18. The number of amides is 1. The number of rotatable bonds is 7. The third kappa shape index (κ3) is 5.57. The number of nitrogens with one attached hydrogen (secondary N) is 2. The molecule has 1 unspecified atom stereocenters. The maximum absolute atomic E-state index is 11.9. The molecule has 10 nitrogen and oxygen atoms in total. The molecule has 0 heterocycles. The molecule has 0 saturated heterocycles. The summed E-state index contributed by atoms with van der Waals surface area (Å²) >= 11 is 0. The molecule has 0 bridgehead atoms. The Morgan fingerprint density at radius 1 is 1.19 bits per heavy atom. The van der Waals surface area contributed by atoms with Crippen LogP contribution < -0.4 is 10.6 Å². The molecule has 1 aromatic rings. The van der Waals surface area contributed by atoms with Crippen molar-refractivity contribution in [2.45, 2.75) is 13.0 Å². The fourth-order valence-corrected chi connectivity index (χ4v) is 1.83. The van der Waals surface area contributed by atoms with Gasteiger partial charge in [-0.2, -0.15) is 5.26 Å². The molecule has 0 aromatic heterocycles. The SMILES string of the molecule is COC(=O)c1ccc(C(=O)OC)c(N/C=C(/C#N)C(=O)NC(C)C(=O)O)c1. The summed E-state index contributed by atoms with van der Waals surface area (Å²) in [6.07, 6.45) is 0.979. The van der Waals surface area contributed by atoms with Crippen LogP contribution in [0.25, 0.3) is 0 Å². The zero-order valence-electron chi connectivity index (χ0n) is 14.7. The second kappa shape index (κ2) is 9.57. The van der Waals surface area contributed by atoms with Gasteiger partial charge in [0.1, 0.15) is 17.7 Å².